The van der Waals surface area contributed by atoms with Crippen LogP contribution in [0.3, 0.4) is 0 Å². The second kappa shape index (κ2) is 9.94. The number of hydrogen-bond donors (Lipinski definition) is 1. The number of benzene rings is 2. The summed E-state index contributed by atoms with van der Waals surface area (Å²) in [5, 5.41) is 2.67. The lowest BCUT2D eigenvalue weighted by Crippen LogP contribution is -2.53. The molecule has 3 rings (SSSR count). The minimum atomic E-state index is -0.903. The van der Waals surface area contributed by atoms with Crippen LogP contribution >= 0.6 is 0 Å². The Morgan fingerprint density at radius 2 is 1.73 bits per heavy atom. The number of ether oxygens (including phenoxy) is 3. The van der Waals surface area contributed by atoms with Gasteiger partial charge in [0.05, 0.1) is 6.04 Å². The van der Waals surface area contributed by atoms with Crippen molar-refractivity contribution in [3.63, 3.8) is 0 Å². The van der Waals surface area contributed by atoms with Gasteiger partial charge in [0.1, 0.15) is 11.6 Å². The van der Waals surface area contributed by atoms with Crippen LogP contribution in [0.15, 0.2) is 48.5 Å². The van der Waals surface area contributed by atoms with Gasteiger partial charge in [0.15, 0.2) is 17.3 Å². The van der Waals surface area contributed by atoms with E-state index in [0.717, 1.165) is 5.56 Å². The highest BCUT2D eigenvalue weighted by Gasteiger charge is 2.32. The number of carbonyl (C=O) groups excluding carboxylic acids is 3. The van der Waals surface area contributed by atoms with Crippen LogP contribution in [-0.4, -0.2) is 54.2 Å². The van der Waals surface area contributed by atoms with Crippen LogP contribution in [0, 0.1) is 0 Å². The lowest BCUT2D eigenvalue weighted by atomic mass is 10.0. The minimum absolute atomic E-state index is 0.110. The third-order valence-corrected chi connectivity index (χ3v) is 5.24. The van der Waals surface area contributed by atoms with E-state index in [-0.39, 0.29) is 19.0 Å². The first-order valence-corrected chi connectivity index (χ1v) is 10.8. The maximum atomic E-state index is 13.4. The predicted molar refractivity (Wildman–Crippen MR) is 122 cm³/mol. The SMILES string of the molecule is CC(C(=O)c1ccc2c(c1)OCO2)N(C)C(=O)[C@H](Cc1ccccc1)NC(=O)OC(C)(C)C. The fraction of sp³-hybridized carbons (Fsp3) is 0.400. The highest BCUT2D eigenvalue weighted by atomic mass is 16.7. The largest absolute Gasteiger partial charge is 0.454 e. The molecule has 1 aliphatic rings. The van der Waals surface area contributed by atoms with Gasteiger partial charge in [-0.15, -0.1) is 0 Å². The normalized spacial score (nSPS) is 14.2. The summed E-state index contributed by atoms with van der Waals surface area (Å²) in [7, 11) is 1.55. The van der Waals surface area contributed by atoms with Crippen LogP contribution < -0.4 is 14.8 Å². The molecule has 2 aromatic rings. The van der Waals surface area contributed by atoms with Crippen molar-refractivity contribution < 1.29 is 28.6 Å². The van der Waals surface area contributed by atoms with Gasteiger partial charge in [-0.2, -0.15) is 0 Å². The molecular weight excluding hydrogens is 424 g/mol. The molecule has 0 aromatic heterocycles. The van der Waals surface area contributed by atoms with Crippen molar-refractivity contribution in [2.24, 2.45) is 0 Å². The van der Waals surface area contributed by atoms with Gasteiger partial charge in [0, 0.05) is 19.0 Å². The molecule has 1 unspecified atom stereocenters. The second-order valence-corrected chi connectivity index (χ2v) is 8.95. The Bertz CT molecular complexity index is 1020. The van der Waals surface area contributed by atoms with E-state index in [9.17, 15) is 14.4 Å². The van der Waals surface area contributed by atoms with Gasteiger partial charge < -0.3 is 24.4 Å². The fourth-order valence-corrected chi connectivity index (χ4v) is 3.40. The van der Waals surface area contributed by atoms with Crippen molar-refractivity contribution in [3.05, 3.63) is 59.7 Å². The smallest absolute Gasteiger partial charge is 0.408 e. The molecule has 1 N–H and O–H groups in total. The van der Waals surface area contributed by atoms with E-state index < -0.39 is 29.7 Å². The molecule has 8 nitrogen and oxygen atoms in total. The highest BCUT2D eigenvalue weighted by Crippen LogP contribution is 2.33. The van der Waals surface area contributed by atoms with Gasteiger partial charge in [0.2, 0.25) is 12.7 Å². The zero-order valence-electron chi connectivity index (χ0n) is 19.6. The van der Waals surface area contributed by atoms with Crippen molar-refractivity contribution >= 4 is 17.8 Å². The summed E-state index contributed by atoms with van der Waals surface area (Å²) in [6.07, 6.45) is -0.436. The van der Waals surface area contributed by atoms with Crippen molar-refractivity contribution in [3.8, 4) is 11.5 Å². The molecule has 176 valence electrons. The van der Waals surface area contributed by atoms with Crippen molar-refractivity contribution in [1.29, 1.82) is 0 Å². The van der Waals surface area contributed by atoms with Gasteiger partial charge >= 0.3 is 6.09 Å². The number of hydrogen-bond acceptors (Lipinski definition) is 6. The number of ketones is 1. The van der Waals surface area contributed by atoms with E-state index in [1.54, 1.807) is 52.9 Å². The first kappa shape index (κ1) is 24.1. The summed E-state index contributed by atoms with van der Waals surface area (Å²) in [4.78, 5) is 40.2. The number of Topliss-reactive ketones (excluding diaryl/α,β-unsaturated/α-hetero) is 1. The number of fused-ring (bicyclic) bond motifs is 1. The summed E-state index contributed by atoms with van der Waals surface area (Å²) < 4.78 is 16.0. The van der Waals surface area contributed by atoms with Crippen LogP contribution in [-0.2, 0) is 16.0 Å². The Morgan fingerprint density at radius 3 is 2.39 bits per heavy atom. The molecule has 2 aromatic carbocycles. The van der Waals surface area contributed by atoms with E-state index in [1.807, 2.05) is 30.3 Å². The molecule has 0 saturated heterocycles. The van der Waals surface area contributed by atoms with Crippen LogP contribution in [0.4, 0.5) is 4.79 Å². The first-order chi connectivity index (χ1) is 15.5. The Balaban J connectivity index is 1.76. The fourth-order valence-electron chi connectivity index (χ4n) is 3.40. The standard InChI is InChI=1S/C25H30N2O6/c1-16(22(28)18-11-12-20-21(14-18)32-15-31-20)27(5)23(29)19(13-17-9-7-6-8-10-17)26-24(30)33-25(2,3)4/h6-12,14,16,19H,13,15H2,1-5H3,(H,26,30)/t16?,19-/m0/s1. The molecule has 0 bridgehead atoms. The van der Waals surface area contributed by atoms with E-state index in [0.29, 0.717) is 17.1 Å². The maximum Gasteiger partial charge on any atom is 0.408 e. The van der Waals surface area contributed by atoms with Crippen molar-refractivity contribution in [2.75, 3.05) is 13.8 Å². The summed E-state index contributed by atoms with van der Waals surface area (Å²) in [6, 6.07) is 12.6. The minimum Gasteiger partial charge on any atom is -0.454 e. The molecule has 0 radical (unpaired) electrons. The lowest BCUT2D eigenvalue weighted by Gasteiger charge is -2.29. The average molecular weight is 455 g/mol. The molecule has 0 spiro atoms. The lowest BCUT2D eigenvalue weighted by molar-refractivity contribution is -0.133. The van der Waals surface area contributed by atoms with Crippen LogP contribution in [0.1, 0.15) is 43.6 Å². The van der Waals surface area contributed by atoms with E-state index in [2.05, 4.69) is 5.32 Å². The monoisotopic (exact) mass is 454 g/mol. The first-order valence-electron chi connectivity index (χ1n) is 10.8. The highest BCUT2D eigenvalue weighted by molar-refractivity contribution is 6.02. The molecule has 8 heteroatoms. The van der Waals surface area contributed by atoms with E-state index >= 15 is 0 Å². The maximum absolute atomic E-state index is 13.4. The number of rotatable bonds is 7. The summed E-state index contributed by atoms with van der Waals surface area (Å²) in [5.41, 5.74) is 0.569. The third kappa shape index (κ3) is 6.25. The molecule has 0 saturated carbocycles. The Labute approximate surface area is 193 Å². The molecule has 2 amide bonds. The molecule has 0 aliphatic carbocycles. The molecule has 33 heavy (non-hydrogen) atoms. The average Bonchev–Trinajstić information content (AvgIpc) is 3.24. The van der Waals surface area contributed by atoms with E-state index in [4.69, 9.17) is 14.2 Å². The number of alkyl carbamates (subject to hydrolysis) is 1. The molecule has 1 aliphatic heterocycles. The number of amides is 2. The van der Waals surface area contributed by atoms with Crippen molar-refractivity contribution in [2.45, 2.75) is 51.8 Å². The topological polar surface area (TPSA) is 94.2 Å². The zero-order valence-corrected chi connectivity index (χ0v) is 19.6. The van der Waals surface area contributed by atoms with Gasteiger partial charge in [0.25, 0.3) is 0 Å². The van der Waals surface area contributed by atoms with E-state index in [1.165, 1.54) is 4.90 Å². The second-order valence-electron chi connectivity index (χ2n) is 8.95. The zero-order chi connectivity index (χ0) is 24.2. The molecule has 1 heterocycles. The molecular formula is C25H30N2O6. The van der Waals surface area contributed by atoms with Crippen LogP contribution in [0.25, 0.3) is 0 Å². The number of likely N-dealkylation sites (N-methyl/N-ethyl adjacent to an activating group) is 1. The van der Waals surface area contributed by atoms with Crippen LogP contribution in [0.5, 0.6) is 11.5 Å². The molecule has 0 fully saturated rings. The quantitative estimate of drug-likeness (QED) is 0.643. The summed E-state index contributed by atoms with van der Waals surface area (Å²) >= 11 is 0. The Morgan fingerprint density at radius 1 is 1.06 bits per heavy atom. The number of nitrogens with one attached hydrogen (secondary N) is 1. The van der Waals surface area contributed by atoms with Gasteiger partial charge in [-0.25, -0.2) is 4.79 Å². The Kier molecular flexibility index (Phi) is 7.26. The summed E-state index contributed by atoms with van der Waals surface area (Å²) in [6.45, 7) is 7.01. The predicted octanol–water partition coefficient (Wildman–Crippen LogP) is 3.58. The number of carbonyl (C=O) groups is 3. The summed E-state index contributed by atoms with van der Waals surface area (Å²) in [5.74, 6) is 0.426. The van der Waals surface area contributed by atoms with Gasteiger partial charge in [-0.3, -0.25) is 9.59 Å². The number of nitrogens with zero attached hydrogens (tertiary/aromatic N) is 1. The molecule has 2 atom stereocenters. The van der Waals surface area contributed by atoms with Gasteiger partial charge in [-0.05, 0) is 51.5 Å². The third-order valence-electron chi connectivity index (χ3n) is 5.24. The van der Waals surface area contributed by atoms with Crippen LogP contribution in [0.2, 0.25) is 0 Å². The Hall–Kier alpha value is -3.55. The van der Waals surface area contributed by atoms with Crippen molar-refractivity contribution in [1.82, 2.24) is 10.2 Å². The van der Waals surface area contributed by atoms with Gasteiger partial charge in [-0.1, -0.05) is 30.3 Å².